The second-order valence-corrected chi connectivity index (χ2v) is 6.58. The van der Waals surface area contributed by atoms with E-state index in [1.54, 1.807) is 18.2 Å². The van der Waals surface area contributed by atoms with Crippen LogP contribution in [0.5, 0.6) is 5.75 Å². The van der Waals surface area contributed by atoms with E-state index in [-0.39, 0.29) is 5.75 Å². The lowest BCUT2D eigenvalue weighted by atomic mass is 9.84. The minimum absolute atomic E-state index is 0.183. The molecule has 3 atom stereocenters. The average Bonchev–Trinajstić information content (AvgIpc) is 2.82. The number of hydrogen-bond donors (Lipinski definition) is 2. The van der Waals surface area contributed by atoms with Gasteiger partial charge in [0.05, 0.1) is 0 Å². The Bertz CT molecular complexity index is 548. The number of hydrogen-bond acceptors (Lipinski definition) is 3. The Morgan fingerprint density at radius 1 is 1.33 bits per heavy atom. The molecule has 0 radical (unpaired) electrons. The van der Waals surface area contributed by atoms with E-state index in [1.807, 2.05) is 0 Å². The maximum absolute atomic E-state index is 11.6. The Kier molecular flexibility index (Phi) is 4.09. The van der Waals surface area contributed by atoms with Crippen LogP contribution in [0.1, 0.15) is 37.7 Å². The number of rotatable bonds is 3. The highest BCUT2D eigenvalue weighted by molar-refractivity contribution is 6.30. The van der Waals surface area contributed by atoms with E-state index in [2.05, 4.69) is 4.90 Å². The zero-order valence-electron chi connectivity index (χ0n) is 11.8. The molecule has 4 nitrogen and oxygen atoms in total. The van der Waals surface area contributed by atoms with Gasteiger partial charge in [-0.05, 0) is 43.4 Å². The summed E-state index contributed by atoms with van der Waals surface area (Å²) < 4.78 is 0. The van der Waals surface area contributed by atoms with Crippen LogP contribution >= 0.6 is 11.6 Å². The van der Waals surface area contributed by atoms with Crippen molar-refractivity contribution >= 4 is 17.6 Å². The lowest BCUT2D eigenvalue weighted by Gasteiger charge is -2.33. The summed E-state index contributed by atoms with van der Waals surface area (Å²) >= 11 is 5.99. The van der Waals surface area contributed by atoms with E-state index >= 15 is 0 Å². The number of benzene rings is 1. The molecule has 2 N–H and O–H groups in total. The first kappa shape index (κ1) is 14.7. The van der Waals surface area contributed by atoms with Crippen LogP contribution in [-0.4, -0.2) is 33.2 Å². The van der Waals surface area contributed by atoms with Crippen LogP contribution in [0, 0.1) is 5.92 Å². The van der Waals surface area contributed by atoms with Crippen molar-refractivity contribution in [1.82, 2.24) is 4.90 Å². The van der Waals surface area contributed by atoms with Gasteiger partial charge in [0.25, 0.3) is 0 Å². The number of nitrogens with zero attached hydrogens (tertiary/aromatic N) is 1. The standard InChI is InChI=1S/C16H20ClNO3/c17-12-5-6-15(19)11(7-12)9-18-13-4-2-1-3-10(13)8-14(18)16(20)21/h5-7,10,13-14,19H,1-4,8-9H2,(H,20,21). The fourth-order valence-corrected chi connectivity index (χ4v) is 4.10. The SMILES string of the molecule is O=C(O)C1CC2CCCCC2N1Cc1cc(Cl)ccc1O. The second kappa shape index (κ2) is 5.85. The summed E-state index contributed by atoms with van der Waals surface area (Å²) in [6, 6.07) is 4.81. The zero-order valence-corrected chi connectivity index (χ0v) is 12.6. The van der Waals surface area contributed by atoms with Crippen LogP contribution in [-0.2, 0) is 11.3 Å². The second-order valence-electron chi connectivity index (χ2n) is 6.15. The number of phenolic OH excluding ortho intramolecular Hbond substituents is 1. The third-order valence-electron chi connectivity index (χ3n) is 4.90. The van der Waals surface area contributed by atoms with Crippen LogP contribution in [0.4, 0.5) is 0 Å². The number of aromatic hydroxyl groups is 1. The summed E-state index contributed by atoms with van der Waals surface area (Å²) in [5, 5.41) is 20.0. The van der Waals surface area contributed by atoms with E-state index in [4.69, 9.17) is 11.6 Å². The van der Waals surface area contributed by atoms with Crippen molar-refractivity contribution in [2.45, 2.75) is 50.7 Å². The number of carboxylic acids is 1. The molecule has 1 aromatic carbocycles. The van der Waals surface area contributed by atoms with Gasteiger partial charge in [0.2, 0.25) is 0 Å². The number of carbonyl (C=O) groups is 1. The van der Waals surface area contributed by atoms with Crippen molar-refractivity contribution in [3.05, 3.63) is 28.8 Å². The van der Waals surface area contributed by atoms with Gasteiger partial charge in [-0.3, -0.25) is 9.69 Å². The lowest BCUT2D eigenvalue weighted by Crippen LogP contribution is -2.41. The normalized spacial score (nSPS) is 29.3. The summed E-state index contributed by atoms with van der Waals surface area (Å²) in [7, 11) is 0. The molecule has 1 saturated carbocycles. The maximum Gasteiger partial charge on any atom is 0.320 e. The van der Waals surface area contributed by atoms with Gasteiger partial charge in [-0.1, -0.05) is 24.4 Å². The monoisotopic (exact) mass is 309 g/mol. The summed E-state index contributed by atoms with van der Waals surface area (Å²) in [6.07, 6.45) is 5.25. The molecule has 1 aromatic rings. The fraction of sp³-hybridized carbons (Fsp3) is 0.562. The molecule has 2 fully saturated rings. The van der Waals surface area contributed by atoms with Crippen LogP contribution in [0.15, 0.2) is 18.2 Å². The fourth-order valence-electron chi connectivity index (χ4n) is 3.90. The highest BCUT2D eigenvalue weighted by Crippen LogP contribution is 2.41. The number of phenols is 1. The van der Waals surface area contributed by atoms with Crippen molar-refractivity contribution in [1.29, 1.82) is 0 Å². The Morgan fingerprint density at radius 2 is 2.10 bits per heavy atom. The molecule has 1 aliphatic carbocycles. The number of fused-ring (bicyclic) bond motifs is 1. The molecule has 3 rings (SSSR count). The number of likely N-dealkylation sites (tertiary alicyclic amines) is 1. The summed E-state index contributed by atoms with van der Waals surface area (Å²) in [5.74, 6) is -0.102. The molecule has 0 aromatic heterocycles. The Balaban J connectivity index is 1.86. The van der Waals surface area contributed by atoms with Crippen LogP contribution in [0.2, 0.25) is 5.02 Å². The molecule has 1 saturated heterocycles. The predicted molar refractivity (Wildman–Crippen MR) is 80.4 cm³/mol. The summed E-state index contributed by atoms with van der Waals surface area (Å²) in [4.78, 5) is 13.6. The third kappa shape index (κ3) is 2.87. The van der Waals surface area contributed by atoms with Gasteiger partial charge < -0.3 is 10.2 Å². The average molecular weight is 310 g/mol. The van der Waals surface area contributed by atoms with Crippen molar-refractivity contribution in [3.63, 3.8) is 0 Å². The predicted octanol–water partition coefficient (Wildman–Crippen LogP) is 3.26. The topological polar surface area (TPSA) is 60.8 Å². The van der Waals surface area contributed by atoms with E-state index in [1.165, 1.54) is 6.42 Å². The number of halogens is 1. The summed E-state index contributed by atoms with van der Waals surface area (Å²) in [5.41, 5.74) is 0.708. The van der Waals surface area contributed by atoms with Gasteiger partial charge in [0.15, 0.2) is 0 Å². The first-order valence-corrected chi connectivity index (χ1v) is 7.90. The highest BCUT2D eigenvalue weighted by Gasteiger charge is 2.45. The van der Waals surface area contributed by atoms with E-state index in [0.717, 1.165) is 25.7 Å². The Labute approximate surface area is 129 Å². The van der Waals surface area contributed by atoms with Gasteiger partial charge in [-0.2, -0.15) is 0 Å². The Hall–Kier alpha value is -1.26. The van der Waals surface area contributed by atoms with Crippen molar-refractivity contribution in [3.8, 4) is 5.75 Å². The number of aliphatic carboxylic acids is 1. The van der Waals surface area contributed by atoms with Gasteiger partial charge in [0, 0.05) is 23.2 Å². The Morgan fingerprint density at radius 3 is 2.86 bits per heavy atom. The third-order valence-corrected chi connectivity index (χ3v) is 5.14. The first-order chi connectivity index (χ1) is 10.1. The molecule has 3 unspecified atom stereocenters. The molecular formula is C16H20ClNO3. The quantitative estimate of drug-likeness (QED) is 0.899. The smallest absolute Gasteiger partial charge is 0.320 e. The molecule has 21 heavy (non-hydrogen) atoms. The summed E-state index contributed by atoms with van der Waals surface area (Å²) in [6.45, 7) is 0.449. The van der Waals surface area contributed by atoms with Crippen molar-refractivity contribution in [2.24, 2.45) is 5.92 Å². The van der Waals surface area contributed by atoms with Gasteiger partial charge in [0.1, 0.15) is 11.8 Å². The molecular weight excluding hydrogens is 290 g/mol. The molecule has 0 amide bonds. The molecule has 5 heteroatoms. The molecule has 1 aliphatic heterocycles. The highest BCUT2D eigenvalue weighted by atomic mass is 35.5. The van der Waals surface area contributed by atoms with Crippen LogP contribution in [0.3, 0.4) is 0 Å². The van der Waals surface area contributed by atoms with E-state index < -0.39 is 12.0 Å². The molecule has 114 valence electrons. The molecule has 2 aliphatic rings. The van der Waals surface area contributed by atoms with Crippen LogP contribution < -0.4 is 0 Å². The van der Waals surface area contributed by atoms with Crippen LogP contribution in [0.25, 0.3) is 0 Å². The molecule has 0 spiro atoms. The van der Waals surface area contributed by atoms with Gasteiger partial charge in [-0.25, -0.2) is 0 Å². The number of carboxylic acid groups (broad SMARTS) is 1. The van der Waals surface area contributed by atoms with Gasteiger partial charge in [-0.15, -0.1) is 0 Å². The first-order valence-electron chi connectivity index (χ1n) is 7.52. The van der Waals surface area contributed by atoms with E-state index in [0.29, 0.717) is 29.1 Å². The zero-order chi connectivity index (χ0) is 15.0. The molecule has 1 heterocycles. The molecule has 0 bridgehead atoms. The largest absolute Gasteiger partial charge is 0.508 e. The lowest BCUT2D eigenvalue weighted by molar-refractivity contribution is -0.142. The minimum atomic E-state index is -0.758. The van der Waals surface area contributed by atoms with Gasteiger partial charge >= 0.3 is 5.97 Å². The van der Waals surface area contributed by atoms with E-state index in [9.17, 15) is 15.0 Å². The van der Waals surface area contributed by atoms with Crippen molar-refractivity contribution < 1.29 is 15.0 Å². The maximum atomic E-state index is 11.6. The minimum Gasteiger partial charge on any atom is -0.508 e. The van der Waals surface area contributed by atoms with Crippen molar-refractivity contribution in [2.75, 3.05) is 0 Å².